The van der Waals surface area contributed by atoms with Crippen molar-refractivity contribution in [2.24, 2.45) is 35.5 Å². The van der Waals surface area contributed by atoms with Crippen LogP contribution in [0.3, 0.4) is 0 Å². The van der Waals surface area contributed by atoms with Crippen molar-refractivity contribution >= 4 is 47.8 Å². The third-order valence-corrected chi connectivity index (χ3v) is 12.9. The van der Waals surface area contributed by atoms with Crippen molar-refractivity contribution in [3.8, 4) is 23.0 Å². The lowest BCUT2D eigenvalue weighted by Crippen LogP contribution is -2.31. The van der Waals surface area contributed by atoms with Crippen molar-refractivity contribution in [1.29, 1.82) is 0 Å². The first-order chi connectivity index (χ1) is 32.6. The van der Waals surface area contributed by atoms with E-state index in [0.717, 1.165) is 12.2 Å². The molecule has 3 aliphatic rings. The molecule has 0 saturated heterocycles. The number of esters is 8. The first kappa shape index (κ1) is 52.6. The molecular weight excluding hydrogens is 881 g/mol. The van der Waals surface area contributed by atoms with Gasteiger partial charge in [-0.2, -0.15) is 0 Å². The van der Waals surface area contributed by atoms with Crippen LogP contribution in [0.25, 0.3) is 0 Å². The SMILES string of the molecule is C=CC(=O)OCCCCOC(=O)C1CCC(C(=O)Oc2cc(C)c(OC(=O)C3CCC(C(=O)Oc4cc(C)c(OC(=O)C5CCC(C(=O)OCCOC(=O)C=C)CC5)cc4C)CC3)cc2C)CC1. The molecule has 0 radical (unpaired) electrons. The standard InChI is InChI=1S/C52H64O16/c1-7-45(53)61-23-9-10-24-63-47(55)35-11-15-37(16-12-35)49(57)65-41-27-33(5)43(29-31(41)3)67-51(59)39-19-21-40(22-20-39)52(60)68-44-30-32(4)42(28-34(44)6)66-50(58)38-17-13-36(14-18-38)48(56)64-26-25-62-46(54)8-2/h7-8,27-30,35-40H,1-2,9-26H2,3-6H3. The van der Waals surface area contributed by atoms with Crippen LogP contribution in [-0.2, 0) is 57.3 Å². The molecule has 0 N–H and O–H groups in total. The molecule has 0 spiro atoms. The van der Waals surface area contributed by atoms with E-state index in [1.165, 1.54) is 0 Å². The highest BCUT2D eigenvalue weighted by atomic mass is 16.6. The normalized spacial score (nSPS) is 21.2. The molecule has 2 aromatic carbocycles. The fourth-order valence-corrected chi connectivity index (χ4v) is 8.62. The summed E-state index contributed by atoms with van der Waals surface area (Å²) in [6.45, 7) is 14.1. The fraction of sp³-hybridized carbons (Fsp3) is 0.538. The van der Waals surface area contributed by atoms with Crippen LogP contribution in [0.15, 0.2) is 49.6 Å². The van der Waals surface area contributed by atoms with E-state index in [1.54, 1.807) is 52.0 Å². The minimum atomic E-state index is -0.595. The van der Waals surface area contributed by atoms with E-state index < -0.39 is 47.7 Å². The first-order valence-corrected chi connectivity index (χ1v) is 23.6. The number of carbonyl (C=O) groups excluding carboxylic acids is 8. The molecule has 0 aliphatic heterocycles. The lowest BCUT2D eigenvalue weighted by Gasteiger charge is -2.27. The third kappa shape index (κ3) is 15.4. The monoisotopic (exact) mass is 944 g/mol. The predicted molar refractivity (Wildman–Crippen MR) is 244 cm³/mol. The van der Waals surface area contributed by atoms with Gasteiger partial charge in [0.05, 0.1) is 48.7 Å². The van der Waals surface area contributed by atoms with Crippen LogP contribution in [-0.4, -0.2) is 74.2 Å². The van der Waals surface area contributed by atoms with Gasteiger partial charge >= 0.3 is 47.8 Å². The Morgan fingerprint density at radius 2 is 0.603 bits per heavy atom. The second kappa shape index (κ2) is 25.7. The molecule has 16 heteroatoms. The topological polar surface area (TPSA) is 210 Å². The van der Waals surface area contributed by atoms with Gasteiger partial charge in [-0.1, -0.05) is 13.2 Å². The number of unbranched alkanes of at least 4 members (excludes halogenated alkanes) is 1. The molecule has 0 amide bonds. The number of aryl methyl sites for hydroxylation is 4. The summed E-state index contributed by atoms with van der Waals surface area (Å²) in [5.41, 5.74) is 2.46. The number of hydrogen-bond acceptors (Lipinski definition) is 16. The number of carbonyl (C=O) groups is 8. The maximum Gasteiger partial charge on any atom is 0.330 e. The maximum atomic E-state index is 13.3. The molecule has 0 bridgehead atoms. The highest BCUT2D eigenvalue weighted by Gasteiger charge is 2.35. The summed E-state index contributed by atoms with van der Waals surface area (Å²) in [7, 11) is 0. The third-order valence-electron chi connectivity index (χ3n) is 12.9. The maximum absolute atomic E-state index is 13.3. The number of hydrogen-bond donors (Lipinski definition) is 0. The summed E-state index contributed by atoms with van der Waals surface area (Å²) in [5.74, 6) is -4.14. The summed E-state index contributed by atoms with van der Waals surface area (Å²) in [6.07, 6.45) is 8.84. The van der Waals surface area contributed by atoms with Gasteiger partial charge in [0.2, 0.25) is 0 Å². The van der Waals surface area contributed by atoms with E-state index in [1.807, 2.05) is 0 Å². The van der Waals surface area contributed by atoms with E-state index in [-0.39, 0.29) is 62.0 Å². The Morgan fingerprint density at radius 3 is 0.882 bits per heavy atom. The Kier molecular flexibility index (Phi) is 19.9. The van der Waals surface area contributed by atoms with Crippen LogP contribution < -0.4 is 18.9 Å². The van der Waals surface area contributed by atoms with E-state index in [4.69, 9.17) is 37.9 Å². The zero-order valence-corrected chi connectivity index (χ0v) is 39.6. The minimum Gasteiger partial charge on any atom is -0.465 e. The molecule has 2 aromatic rings. The van der Waals surface area contributed by atoms with Crippen LogP contribution in [0, 0.1) is 63.2 Å². The van der Waals surface area contributed by atoms with E-state index >= 15 is 0 Å². The van der Waals surface area contributed by atoms with Crippen LogP contribution in [0.5, 0.6) is 23.0 Å². The average molecular weight is 945 g/mol. The van der Waals surface area contributed by atoms with Crippen molar-refractivity contribution in [1.82, 2.24) is 0 Å². The summed E-state index contributed by atoms with van der Waals surface area (Å²) >= 11 is 0. The molecule has 368 valence electrons. The largest absolute Gasteiger partial charge is 0.465 e. The van der Waals surface area contributed by atoms with Crippen LogP contribution >= 0.6 is 0 Å². The Hall–Kier alpha value is -6.32. The molecule has 3 fully saturated rings. The molecule has 0 atom stereocenters. The van der Waals surface area contributed by atoms with Crippen LogP contribution in [0.1, 0.15) is 112 Å². The van der Waals surface area contributed by atoms with Gasteiger partial charge < -0.3 is 37.9 Å². The van der Waals surface area contributed by atoms with Gasteiger partial charge in [-0.25, -0.2) is 9.59 Å². The van der Waals surface area contributed by atoms with E-state index in [9.17, 15) is 38.4 Å². The average Bonchev–Trinajstić information content (AvgIpc) is 3.34. The molecule has 3 saturated carbocycles. The quantitative estimate of drug-likeness (QED) is 0.0405. The Morgan fingerprint density at radius 1 is 0.382 bits per heavy atom. The van der Waals surface area contributed by atoms with Gasteiger partial charge in [0, 0.05) is 12.2 Å². The van der Waals surface area contributed by atoms with Crippen molar-refractivity contribution in [3.05, 3.63) is 71.8 Å². The number of ether oxygens (including phenoxy) is 8. The van der Waals surface area contributed by atoms with Crippen molar-refractivity contribution in [3.63, 3.8) is 0 Å². The van der Waals surface area contributed by atoms with Crippen molar-refractivity contribution < 1.29 is 76.3 Å². The number of rotatable bonds is 20. The molecular formula is C52H64O16. The minimum absolute atomic E-state index is 0.0536. The first-order valence-electron chi connectivity index (χ1n) is 23.6. The Labute approximate surface area is 397 Å². The summed E-state index contributed by atoms with van der Waals surface area (Å²) in [5, 5.41) is 0. The smallest absolute Gasteiger partial charge is 0.330 e. The predicted octanol–water partition coefficient (Wildman–Crippen LogP) is 7.99. The lowest BCUT2D eigenvalue weighted by molar-refractivity contribution is -0.155. The zero-order valence-electron chi connectivity index (χ0n) is 39.6. The molecule has 0 heterocycles. The molecule has 0 unspecified atom stereocenters. The summed E-state index contributed by atoms with van der Waals surface area (Å²) in [4.78, 5) is 100. The van der Waals surface area contributed by atoms with Gasteiger partial charge in [0.15, 0.2) is 0 Å². The molecule has 0 aromatic heterocycles. The number of benzene rings is 2. The van der Waals surface area contributed by atoms with Crippen molar-refractivity contribution in [2.75, 3.05) is 26.4 Å². The molecule has 16 nitrogen and oxygen atoms in total. The van der Waals surface area contributed by atoms with E-state index in [2.05, 4.69) is 13.2 Å². The van der Waals surface area contributed by atoms with Gasteiger partial charge in [0.25, 0.3) is 0 Å². The summed E-state index contributed by atoms with van der Waals surface area (Å²) in [6, 6.07) is 6.69. The van der Waals surface area contributed by atoms with Crippen molar-refractivity contribution in [2.45, 2.75) is 118 Å². The lowest BCUT2D eigenvalue weighted by atomic mass is 9.82. The van der Waals surface area contributed by atoms with E-state index in [0.29, 0.717) is 135 Å². The Balaban J connectivity index is 1.01. The highest BCUT2D eigenvalue weighted by molar-refractivity contribution is 5.82. The van der Waals surface area contributed by atoms with Gasteiger partial charge in [-0.3, -0.25) is 28.8 Å². The highest BCUT2D eigenvalue weighted by Crippen LogP contribution is 2.37. The fourth-order valence-electron chi connectivity index (χ4n) is 8.62. The molecule has 5 rings (SSSR count). The second-order valence-electron chi connectivity index (χ2n) is 17.9. The zero-order chi connectivity index (χ0) is 49.3. The molecule has 68 heavy (non-hydrogen) atoms. The summed E-state index contributed by atoms with van der Waals surface area (Å²) < 4.78 is 43.6. The van der Waals surface area contributed by atoms with Gasteiger partial charge in [0.1, 0.15) is 36.2 Å². The van der Waals surface area contributed by atoms with Crippen LogP contribution in [0.2, 0.25) is 0 Å². The second-order valence-corrected chi connectivity index (χ2v) is 17.9. The van der Waals surface area contributed by atoms with Crippen LogP contribution in [0.4, 0.5) is 0 Å². The Bertz CT molecular complexity index is 2180. The van der Waals surface area contributed by atoms with Gasteiger partial charge in [-0.05, 0) is 164 Å². The van der Waals surface area contributed by atoms with Gasteiger partial charge in [-0.15, -0.1) is 0 Å². The molecule has 3 aliphatic carbocycles.